The van der Waals surface area contributed by atoms with E-state index in [1.807, 2.05) is 31.3 Å². The van der Waals surface area contributed by atoms with E-state index in [1.165, 1.54) is 7.11 Å². The number of fused-ring (bicyclic) bond motifs is 1. The molecule has 3 aromatic heterocycles. The van der Waals surface area contributed by atoms with Crippen molar-refractivity contribution in [3.63, 3.8) is 0 Å². The smallest absolute Gasteiger partial charge is 0.356 e. The lowest BCUT2D eigenvalue weighted by Crippen LogP contribution is -2.28. The van der Waals surface area contributed by atoms with Crippen molar-refractivity contribution in [2.24, 2.45) is 22.9 Å². The van der Waals surface area contributed by atoms with Crippen LogP contribution in [0.1, 0.15) is 29.4 Å². The van der Waals surface area contributed by atoms with Crippen molar-refractivity contribution in [2.45, 2.75) is 26.3 Å². The normalized spacial score (nSPS) is 22.9. The van der Waals surface area contributed by atoms with Gasteiger partial charge in [0.15, 0.2) is 0 Å². The van der Waals surface area contributed by atoms with Crippen LogP contribution in [0.4, 0.5) is 11.6 Å². The lowest BCUT2D eigenvalue weighted by molar-refractivity contribution is -0.117. The Morgan fingerprint density at radius 2 is 2.00 bits per heavy atom. The second kappa shape index (κ2) is 8.61. The molecule has 3 N–H and O–H groups in total. The summed E-state index contributed by atoms with van der Waals surface area (Å²) in [5.41, 5.74) is 8.60. The number of anilines is 2. The number of pyridine rings is 3. The Balaban J connectivity index is 1.37. The van der Waals surface area contributed by atoms with Crippen molar-refractivity contribution < 1.29 is 14.3 Å². The van der Waals surface area contributed by atoms with Crippen LogP contribution in [0.2, 0.25) is 0 Å². The fourth-order valence-electron chi connectivity index (χ4n) is 4.71. The molecule has 0 spiro atoms. The van der Waals surface area contributed by atoms with Gasteiger partial charge in [-0.3, -0.25) is 9.80 Å². The van der Waals surface area contributed by atoms with Crippen molar-refractivity contribution >= 4 is 40.5 Å². The molecule has 1 amide bonds. The van der Waals surface area contributed by atoms with Gasteiger partial charge >= 0.3 is 5.97 Å². The lowest BCUT2D eigenvalue weighted by Gasteiger charge is -2.19. The third-order valence-corrected chi connectivity index (χ3v) is 7.02. The number of ether oxygens (including phenoxy) is 1. The van der Waals surface area contributed by atoms with Gasteiger partial charge in [-0.25, -0.2) is 19.7 Å². The molecule has 0 radical (unpaired) electrons. The largest absolute Gasteiger partial charge is 0.464 e. The van der Waals surface area contributed by atoms with E-state index >= 15 is 0 Å². The summed E-state index contributed by atoms with van der Waals surface area (Å²) in [6, 6.07) is 5.62. The van der Waals surface area contributed by atoms with Gasteiger partial charge < -0.3 is 15.8 Å². The monoisotopic (exact) mass is 473 g/mol. The number of nitrogens with zero attached hydrogens (tertiary/aromatic N) is 5. The standard InChI is InChI=1S/C25H27N7O3/c1-12-5-21(25(34)35-4)27-9-17(12)20-6-14-7-22(28-10-19(14)23(26)30-20)31-24(33)16-8-15(16)18-11-29-32(3)13(18)2/h5-7,9-11,13,15-16,18H,8H2,1-4H3,(H2,26,30)(H,28,31,33)/t13?,15-,16-,18?/m0/s1. The van der Waals surface area contributed by atoms with Crippen LogP contribution in [0, 0.1) is 24.7 Å². The number of nitrogens with two attached hydrogens (primary N) is 1. The first-order chi connectivity index (χ1) is 16.8. The Morgan fingerprint density at radius 1 is 1.20 bits per heavy atom. The lowest BCUT2D eigenvalue weighted by atomic mass is 9.96. The van der Waals surface area contributed by atoms with Gasteiger partial charge in [0.1, 0.15) is 17.3 Å². The Bertz CT molecular complexity index is 1370. The molecule has 3 aromatic rings. The highest BCUT2D eigenvalue weighted by Crippen LogP contribution is 2.47. The van der Waals surface area contributed by atoms with Gasteiger partial charge in [-0.2, -0.15) is 5.10 Å². The summed E-state index contributed by atoms with van der Waals surface area (Å²) in [4.78, 5) is 37.7. The zero-order valence-corrected chi connectivity index (χ0v) is 20.0. The predicted molar refractivity (Wildman–Crippen MR) is 133 cm³/mol. The number of aromatic nitrogens is 3. The summed E-state index contributed by atoms with van der Waals surface area (Å²) < 4.78 is 4.74. The van der Waals surface area contributed by atoms with Crippen LogP contribution in [0.25, 0.3) is 22.0 Å². The SMILES string of the molecule is COC(=O)c1cc(C)c(-c2cc3cc(NC(=O)[C@H]4C[C@@H]4C4C=NN(C)C4C)ncc3c(N)n2)cn1. The van der Waals surface area contributed by atoms with Crippen LogP contribution in [-0.4, -0.2) is 58.3 Å². The van der Waals surface area contributed by atoms with Gasteiger partial charge in [-0.1, -0.05) is 0 Å². The van der Waals surface area contributed by atoms with Crippen molar-refractivity contribution in [1.29, 1.82) is 0 Å². The van der Waals surface area contributed by atoms with Gasteiger partial charge in [-0.15, -0.1) is 0 Å². The Morgan fingerprint density at radius 3 is 2.69 bits per heavy atom. The molecule has 1 aliphatic heterocycles. The van der Waals surface area contributed by atoms with Gasteiger partial charge in [0, 0.05) is 48.4 Å². The fourth-order valence-corrected chi connectivity index (χ4v) is 4.71. The number of esters is 1. The number of rotatable bonds is 5. The molecule has 0 bridgehead atoms. The number of nitrogens with one attached hydrogen (secondary N) is 1. The molecule has 5 rings (SSSR count). The van der Waals surface area contributed by atoms with E-state index in [9.17, 15) is 9.59 Å². The first kappa shape index (κ1) is 22.7. The molecule has 2 aliphatic rings. The number of carbonyl (C=O) groups is 2. The molecule has 1 aliphatic carbocycles. The maximum Gasteiger partial charge on any atom is 0.356 e. The van der Waals surface area contributed by atoms with Crippen LogP contribution in [0.15, 0.2) is 35.7 Å². The maximum atomic E-state index is 12.9. The molecule has 1 fully saturated rings. The summed E-state index contributed by atoms with van der Waals surface area (Å²) in [6.45, 7) is 4.00. The van der Waals surface area contributed by atoms with Crippen molar-refractivity contribution in [3.05, 3.63) is 41.9 Å². The molecule has 10 heteroatoms. The molecule has 4 heterocycles. The number of methoxy groups -OCH3 is 1. The van der Waals surface area contributed by atoms with Crippen LogP contribution in [0.5, 0.6) is 0 Å². The zero-order valence-electron chi connectivity index (χ0n) is 20.0. The van der Waals surface area contributed by atoms with E-state index in [-0.39, 0.29) is 23.4 Å². The Hall–Kier alpha value is -4.08. The zero-order chi connectivity index (χ0) is 24.9. The second-order valence-electron chi connectivity index (χ2n) is 9.21. The van der Waals surface area contributed by atoms with E-state index in [1.54, 1.807) is 24.5 Å². The van der Waals surface area contributed by atoms with Gasteiger partial charge in [-0.05, 0) is 55.3 Å². The van der Waals surface area contributed by atoms with Crippen molar-refractivity contribution in [3.8, 4) is 11.3 Å². The molecule has 1 saturated carbocycles. The number of hydrazone groups is 1. The predicted octanol–water partition coefficient (Wildman–Crippen LogP) is 2.88. The van der Waals surface area contributed by atoms with Crippen molar-refractivity contribution in [1.82, 2.24) is 20.0 Å². The number of carbonyl (C=O) groups excluding carboxylic acids is 2. The number of amides is 1. The van der Waals surface area contributed by atoms with Gasteiger partial charge in [0.05, 0.1) is 18.8 Å². The minimum Gasteiger partial charge on any atom is -0.464 e. The Kier molecular flexibility index (Phi) is 5.58. The second-order valence-corrected chi connectivity index (χ2v) is 9.21. The van der Waals surface area contributed by atoms with Crippen LogP contribution >= 0.6 is 0 Å². The van der Waals surface area contributed by atoms with E-state index in [0.29, 0.717) is 34.7 Å². The van der Waals surface area contributed by atoms with Gasteiger partial charge in [0.25, 0.3) is 0 Å². The molecular formula is C25H27N7O3. The van der Waals surface area contributed by atoms with E-state index < -0.39 is 5.97 Å². The molecule has 0 saturated heterocycles. The van der Waals surface area contributed by atoms with Crippen LogP contribution in [0.3, 0.4) is 0 Å². The molecule has 0 aromatic carbocycles. The highest BCUT2D eigenvalue weighted by atomic mass is 16.5. The molecule has 4 atom stereocenters. The summed E-state index contributed by atoms with van der Waals surface area (Å²) in [6.07, 6.45) is 6.01. The topological polar surface area (TPSA) is 136 Å². The highest BCUT2D eigenvalue weighted by Gasteiger charge is 2.50. The van der Waals surface area contributed by atoms with Crippen LogP contribution < -0.4 is 11.1 Å². The minimum atomic E-state index is -0.503. The first-order valence-corrected chi connectivity index (χ1v) is 11.5. The molecule has 35 heavy (non-hydrogen) atoms. The molecular weight excluding hydrogens is 446 g/mol. The maximum absolute atomic E-state index is 12.9. The van der Waals surface area contributed by atoms with Crippen LogP contribution in [-0.2, 0) is 9.53 Å². The summed E-state index contributed by atoms with van der Waals surface area (Å²) in [5.74, 6) is 0.795. The third kappa shape index (κ3) is 4.16. The number of hydrogen-bond donors (Lipinski definition) is 2. The summed E-state index contributed by atoms with van der Waals surface area (Å²) in [5, 5.41) is 10.7. The highest BCUT2D eigenvalue weighted by molar-refractivity contribution is 5.99. The first-order valence-electron chi connectivity index (χ1n) is 11.5. The molecule has 2 unspecified atom stereocenters. The summed E-state index contributed by atoms with van der Waals surface area (Å²) in [7, 11) is 3.27. The van der Waals surface area contributed by atoms with Crippen molar-refractivity contribution in [2.75, 3.05) is 25.2 Å². The quantitative estimate of drug-likeness (QED) is 0.540. The number of hydrogen-bond acceptors (Lipinski definition) is 9. The average Bonchev–Trinajstić information content (AvgIpc) is 3.57. The Labute approximate surface area is 202 Å². The number of nitrogen functional groups attached to an aromatic ring is 1. The van der Waals surface area contributed by atoms with E-state index in [4.69, 9.17) is 10.5 Å². The van der Waals surface area contributed by atoms with E-state index in [2.05, 4.69) is 32.3 Å². The average molecular weight is 474 g/mol. The van der Waals surface area contributed by atoms with E-state index in [0.717, 1.165) is 22.9 Å². The van der Waals surface area contributed by atoms with Gasteiger partial charge in [0.2, 0.25) is 5.91 Å². The third-order valence-electron chi connectivity index (χ3n) is 7.02. The molecule has 10 nitrogen and oxygen atoms in total. The molecule has 180 valence electrons. The number of aryl methyl sites for hydroxylation is 1. The summed E-state index contributed by atoms with van der Waals surface area (Å²) >= 11 is 0. The minimum absolute atomic E-state index is 0.0299. The fraction of sp³-hybridized carbons (Fsp3) is 0.360.